The monoisotopic (exact) mass is 377 g/mol. The van der Waals surface area contributed by atoms with E-state index >= 15 is 0 Å². The van der Waals surface area contributed by atoms with Gasteiger partial charge >= 0.3 is 6.18 Å². The molecule has 0 aliphatic carbocycles. The first kappa shape index (κ1) is 17.7. The second-order valence-corrected chi connectivity index (χ2v) is 6.61. The molecule has 3 aromatic rings. The average molecular weight is 377 g/mol. The van der Waals surface area contributed by atoms with Gasteiger partial charge in [-0.3, -0.25) is 9.88 Å². The van der Waals surface area contributed by atoms with Crippen LogP contribution in [-0.4, -0.2) is 55.4 Å². The van der Waals surface area contributed by atoms with Crippen LogP contribution in [0.4, 0.5) is 19.0 Å². The fourth-order valence-electron chi connectivity index (χ4n) is 3.29. The maximum absolute atomic E-state index is 13.1. The summed E-state index contributed by atoms with van der Waals surface area (Å²) >= 11 is 0. The summed E-state index contributed by atoms with van der Waals surface area (Å²) in [5, 5.41) is 10.9. The van der Waals surface area contributed by atoms with Crippen LogP contribution in [0.15, 0.2) is 36.7 Å². The Morgan fingerprint density at radius 1 is 1.15 bits per heavy atom. The largest absolute Gasteiger partial charge is 0.453 e. The molecule has 1 fully saturated rings. The highest BCUT2D eigenvalue weighted by molar-refractivity contribution is 5.46. The Kier molecular flexibility index (Phi) is 4.42. The lowest BCUT2D eigenvalue weighted by atomic mass is 10.1. The van der Waals surface area contributed by atoms with Gasteiger partial charge in [-0.2, -0.15) is 17.7 Å². The van der Waals surface area contributed by atoms with Crippen molar-refractivity contribution in [2.45, 2.75) is 25.7 Å². The van der Waals surface area contributed by atoms with Gasteiger partial charge in [-0.25, -0.2) is 0 Å². The smallest absolute Gasteiger partial charge is 0.352 e. The van der Waals surface area contributed by atoms with Crippen LogP contribution in [-0.2, 0) is 12.7 Å². The first-order chi connectivity index (χ1) is 12.9. The summed E-state index contributed by atoms with van der Waals surface area (Å²) in [6.07, 6.45) is -1.01. The molecule has 0 aromatic carbocycles. The number of fused-ring (bicyclic) bond motifs is 1. The SMILES string of the molecule is C[C@H]1CN(c2ccc3nnc(C(F)(F)F)n3n2)CCN1Cc1cccnc1. The van der Waals surface area contributed by atoms with Crippen LogP contribution in [0.3, 0.4) is 0 Å². The van der Waals surface area contributed by atoms with Crippen molar-refractivity contribution in [1.82, 2.24) is 29.7 Å². The summed E-state index contributed by atoms with van der Waals surface area (Å²) in [4.78, 5) is 8.45. The first-order valence-corrected chi connectivity index (χ1v) is 8.59. The van der Waals surface area contributed by atoms with E-state index < -0.39 is 12.0 Å². The minimum absolute atomic E-state index is 0.0781. The standard InChI is InChI=1S/C17H18F3N7/c1-12-10-26(8-7-25(12)11-13-3-2-6-21-9-13)15-5-4-14-22-23-16(17(18,19)20)27(14)24-15/h2-6,9,12H,7-8,10-11H2,1H3/t12-/m0/s1. The van der Waals surface area contributed by atoms with E-state index in [4.69, 9.17) is 0 Å². The van der Waals surface area contributed by atoms with E-state index in [1.807, 2.05) is 23.2 Å². The van der Waals surface area contributed by atoms with Gasteiger partial charge in [-0.1, -0.05) is 6.07 Å². The third-order valence-electron chi connectivity index (χ3n) is 4.70. The molecule has 0 N–H and O–H groups in total. The molecule has 0 radical (unpaired) electrons. The van der Waals surface area contributed by atoms with Crippen LogP contribution in [0.1, 0.15) is 18.3 Å². The zero-order chi connectivity index (χ0) is 19.0. The molecule has 142 valence electrons. The summed E-state index contributed by atoms with van der Waals surface area (Å²) < 4.78 is 39.9. The Bertz CT molecular complexity index is 925. The van der Waals surface area contributed by atoms with E-state index in [1.165, 1.54) is 6.07 Å². The Labute approximate surface area is 153 Å². The van der Waals surface area contributed by atoms with Crippen LogP contribution in [0.5, 0.6) is 0 Å². The molecule has 1 saturated heterocycles. The second kappa shape index (κ2) is 6.76. The van der Waals surface area contributed by atoms with Crippen LogP contribution in [0.25, 0.3) is 5.65 Å². The zero-order valence-corrected chi connectivity index (χ0v) is 14.6. The molecule has 0 saturated carbocycles. The normalized spacial score (nSPS) is 19.0. The van der Waals surface area contributed by atoms with E-state index in [2.05, 4.69) is 32.1 Å². The van der Waals surface area contributed by atoms with Gasteiger partial charge in [0.15, 0.2) is 5.65 Å². The van der Waals surface area contributed by atoms with Gasteiger partial charge in [0, 0.05) is 44.6 Å². The number of alkyl halides is 3. The average Bonchev–Trinajstić information content (AvgIpc) is 3.08. The number of pyridine rings is 1. The lowest BCUT2D eigenvalue weighted by Crippen LogP contribution is -2.51. The van der Waals surface area contributed by atoms with Crippen molar-refractivity contribution < 1.29 is 13.2 Å². The molecule has 1 aliphatic heterocycles. The predicted molar refractivity (Wildman–Crippen MR) is 92.1 cm³/mol. The molecule has 0 spiro atoms. The van der Waals surface area contributed by atoms with Gasteiger partial charge in [0.1, 0.15) is 5.82 Å². The van der Waals surface area contributed by atoms with E-state index in [0.29, 0.717) is 18.9 Å². The van der Waals surface area contributed by atoms with Crippen LogP contribution in [0, 0.1) is 0 Å². The number of halogens is 3. The maximum Gasteiger partial charge on any atom is 0.453 e. The highest BCUT2D eigenvalue weighted by atomic mass is 19.4. The Hall–Kier alpha value is -2.75. The molecule has 4 heterocycles. The molecular weight excluding hydrogens is 359 g/mol. The van der Waals surface area contributed by atoms with Crippen LogP contribution < -0.4 is 4.90 Å². The molecular formula is C17H18F3N7. The third-order valence-corrected chi connectivity index (χ3v) is 4.70. The Morgan fingerprint density at radius 3 is 2.70 bits per heavy atom. The zero-order valence-electron chi connectivity index (χ0n) is 14.6. The van der Waals surface area contributed by atoms with Crippen molar-refractivity contribution in [2.75, 3.05) is 24.5 Å². The minimum atomic E-state index is -4.60. The van der Waals surface area contributed by atoms with Crippen molar-refractivity contribution in [1.29, 1.82) is 0 Å². The summed E-state index contributed by atoms with van der Waals surface area (Å²) in [6, 6.07) is 7.36. The quantitative estimate of drug-likeness (QED) is 0.698. The van der Waals surface area contributed by atoms with Gasteiger partial charge in [0.25, 0.3) is 5.82 Å². The molecule has 27 heavy (non-hydrogen) atoms. The second-order valence-electron chi connectivity index (χ2n) is 6.61. The Balaban J connectivity index is 1.52. The minimum Gasteiger partial charge on any atom is -0.352 e. The predicted octanol–water partition coefficient (Wildman–Crippen LogP) is 2.25. The van der Waals surface area contributed by atoms with Gasteiger partial charge in [-0.15, -0.1) is 15.3 Å². The highest BCUT2D eigenvalue weighted by Crippen LogP contribution is 2.28. The lowest BCUT2D eigenvalue weighted by molar-refractivity contribution is -0.146. The van der Waals surface area contributed by atoms with E-state index in [0.717, 1.165) is 23.2 Å². The van der Waals surface area contributed by atoms with E-state index in [-0.39, 0.29) is 11.7 Å². The fraction of sp³-hybridized carbons (Fsp3) is 0.412. The molecule has 7 nitrogen and oxygen atoms in total. The number of hydrogen-bond donors (Lipinski definition) is 0. The number of piperazine rings is 1. The van der Waals surface area contributed by atoms with Crippen molar-refractivity contribution >= 4 is 11.5 Å². The van der Waals surface area contributed by atoms with Gasteiger partial charge < -0.3 is 4.90 Å². The highest BCUT2D eigenvalue weighted by Gasteiger charge is 2.38. The van der Waals surface area contributed by atoms with Gasteiger partial charge in [0.05, 0.1) is 0 Å². The fourth-order valence-corrected chi connectivity index (χ4v) is 3.29. The van der Waals surface area contributed by atoms with E-state index in [1.54, 1.807) is 12.3 Å². The van der Waals surface area contributed by atoms with Crippen molar-refractivity contribution in [3.05, 3.63) is 48.0 Å². The number of hydrogen-bond acceptors (Lipinski definition) is 6. The molecule has 3 aromatic heterocycles. The van der Waals surface area contributed by atoms with Gasteiger partial charge in [0.2, 0.25) is 0 Å². The van der Waals surface area contributed by atoms with Crippen molar-refractivity contribution in [2.24, 2.45) is 0 Å². The summed E-state index contributed by atoms with van der Waals surface area (Å²) in [6.45, 7) is 5.01. The number of rotatable bonds is 3. The molecule has 0 unspecified atom stereocenters. The molecule has 1 atom stereocenters. The van der Waals surface area contributed by atoms with Crippen LogP contribution >= 0.6 is 0 Å². The van der Waals surface area contributed by atoms with E-state index in [9.17, 15) is 13.2 Å². The third kappa shape index (κ3) is 3.57. The first-order valence-electron chi connectivity index (χ1n) is 8.59. The summed E-state index contributed by atoms with van der Waals surface area (Å²) in [7, 11) is 0. The summed E-state index contributed by atoms with van der Waals surface area (Å²) in [5.74, 6) is -0.622. The lowest BCUT2D eigenvalue weighted by Gasteiger charge is -2.40. The number of anilines is 1. The molecule has 0 bridgehead atoms. The van der Waals surface area contributed by atoms with Crippen LogP contribution in [0.2, 0.25) is 0 Å². The number of aromatic nitrogens is 5. The summed E-state index contributed by atoms with van der Waals surface area (Å²) in [5.41, 5.74) is 1.21. The van der Waals surface area contributed by atoms with Gasteiger partial charge in [-0.05, 0) is 30.7 Å². The maximum atomic E-state index is 13.1. The number of nitrogens with zero attached hydrogens (tertiary/aromatic N) is 7. The molecule has 1 aliphatic rings. The van der Waals surface area contributed by atoms with Crippen molar-refractivity contribution in [3.8, 4) is 0 Å². The Morgan fingerprint density at radius 2 is 2.00 bits per heavy atom. The molecule has 4 rings (SSSR count). The molecule has 0 amide bonds. The molecule has 10 heteroatoms. The van der Waals surface area contributed by atoms with Crippen molar-refractivity contribution in [3.63, 3.8) is 0 Å². The topological polar surface area (TPSA) is 62.5 Å².